The molecule has 0 radical (unpaired) electrons. The molecule has 1 aromatic carbocycles. The number of anilines is 1. The largest absolute Gasteiger partial charge is 0.412 e. The van der Waals surface area contributed by atoms with E-state index < -0.39 is 0 Å². The van der Waals surface area contributed by atoms with Crippen molar-refractivity contribution in [2.24, 2.45) is 0 Å². The first-order valence-corrected chi connectivity index (χ1v) is 10.4. The van der Waals surface area contributed by atoms with Gasteiger partial charge in [-0.3, -0.25) is 9.69 Å². The zero-order valence-corrected chi connectivity index (χ0v) is 18.6. The number of benzene rings is 1. The van der Waals surface area contributed by atoms with E-state index in [-0.39, 0.29) is 29.4 Å². The second-order valence-corrected chi connectivity index (χ2v) is 7.61. The lowest BCUT2D eigenvalue weighted by Crippen LogP contribution is -2.47. The molecule has 3 rings (SSSR count). The molecule has 2 heterocycles. The zero-order chi connectivity index (χ0) is 24.0. The average Bonchev–Trinajstić information content (AvgIpc) is 2.84. The van der Waals surface area contributed by atoms with Crippen LogP contribution in [0.2, 0.25) is 0 Å². The van der Waals surface area contributed by atoms with Crippen LogP contribution in [0.1, 0.15) is 27.7 Å². The average molecular weight is 450 g/mol. The van der Waals surface area contributed by atoms with Gasteiger partial charge in [0.15, 0.2) is 12.2 Å². The highest BCUT2D eigenvalue weighted by Crippen LogP contribution is 2.22. The molecule has 0 saturated heterocycles. The van der Waals surface area contributed by atoms with Crippen LogP contribution in [0.4, 0.5) is 10.2 Å². The third kappa shape index (κ3) is 5.67. The fourth-order valence-electron chi connectivity index (χ4n) is 3.54. The van der Waals surface area contributed by atoms with Gasteiger partial charge in [-0.15, -0.1) is 16.6 Å². The normalized spacial score (nSPS) is 14.8. The summed E-state index contributed by atoms with van der Waals surface area (Å²) < 4.78 is 15.9. The second-order valence-electron chi connectivity index (χ2n) is 7.61. The van der Waals surface area contributed by atoms with Crippen molar-refractivity contribution in [3.8, 4) is 12.3 Å². The monoisotopic (exact) mass is 449 g/mol. The molecule has 0 bridgehead atoms. The molecule has 9 heteroatoms. The Labute approximate surface area is 192 Å². The van der Waals surface area contributed by atoms with Crippen LogP contribution >= 0.6 is 0 Å². The van der Waals surface area contributed by atoms with Gasteiger partial charge >= 0.3 is 5.91 Å². The molecule has 1 atom stereocenters. The van der Waals surface area contributed by atoms with Crippen LogP contribution < -0.4 is 10.6 Å². The first kappa shape index (κ1) is 23.8. The van der Waals surface area contributed by atoms with E-state index >= 15 is 0 Å². The first-order valence-electron chi connectivity index (χ1n) is 10.4. The van der Waals surface area contributed by atoms with Gasteiger partial charge in [0, 0.05) is 19.7 Å². The van der Waals surface area contributed by atoms with Gasteiger partial charge in [-0.05, 0) is 42.2 Å². The summed E-state index contributed by atoms with van der Waals surface area (Å²) in [5.74, 6) is 2.16. The highest BCUT2D eigenvalue weighted by atomic mass is 19.1. The molecular formula is C24H26FN6O2+. The molecule has 170 valence electrons. The second kappa shape index (κ2) is 10.6. The molecule has 0 spiro atoms. The van der Waals surface area contributed by atoms with E-state index in [4.69, 9.17) is 6.42 Å². The maximum Gasteiger partial charge on any atom is 0.412 e. The van der Waals surface area contributed by atoms with E-state index in [1.54, 1.807) is 29.7 Å². The van der Waals surface area contributed by atoms with Gasteiger partial charge in [0.05, 0.1) is 19.1 Å². The van der Waals surface area contributed by atoms with E-state index in [0.29, 0.717) is 43.3 Å². The van der Waals surface area contributed by atoms with Crippen LogP contribution in [0.15, 0.2) is 43.0 Å². The van der Waals surface area contributed by atoms with Crippen LogP contribution in [0.25, 0.3) is 0 Å². The lowest BCUT2D eigenvalue weighted by molar-refractivity contribution is -0.450. The highest BCUT2D eigenvalue weighted by molar-refractivity contribution is 6.01. The number of halogens is 1. The summed E-state index contributed by atoms with van der Waals surface area (Å²) in [6, 6.07) is 7.92. The van der Waals surface area contributed by atoms with Gasteiger partial charge in [-0.1, -0.05) is 18.7 Å². The lowest BCUT2D eigenvalue weighted by atomic mass is 10.0. The maximum absolute atomic E-state index is 14.3. The molecule has 0 fully saturated rings. The number of amides is 2. The Balaban J connectivity index is 1.85. The molecule has 1 aliphatic rings. The summed E-state index contributed by atoms with van der Waals surface area (Å²) in [5, 5.41) is 13.8. The summed E-state index contributed by atoms with van der Waals surface area (Å²) in [7, 11) is 1.52. The van der Waals surface area contributed by atoms with Crippen molar-refractivity contribution in [1.82, 2.24) is 20.4 Å². The van der Waals surface area contributed by atoms with Crippen LogP contribution in [-0.2, 0) is 4.79 Å². The molecule has 0 unspecified atom stereocenters. The van der Waals surface area contributed by atoms with Crippen LogP contribution in [0, 0.1) is 25.1 Å². The number of carbonyl (C=O) groups excluding carboxylic acids is 2. The molecule has 2 N–H and O–H groups in total. The van der Waals surface area contributed by atoms with Crippen molar-refractivity contribution in [3.63, 3.8) is 0 Å². The number of nitrogens with one attached hydrogen (secondary N) is 2. The molecule has 0 saturated carbocycles. The molecule has 2 aromatic rings. The number of nitrogens with zero attached hydrogens (tertiary/aromatic N) is 4. The highest BCUT2D eigenvalue weighted by Gasteiger charge is 2.30. The van der Waals surface area contributed by atoms with Gasteiger partial charge < -0.3 is 10.6 Å². The maximum atomic E-state index is 14.3. The van der Waals surface area contributed by atoms with Gasteiger partial charge in [-0.2, -0.15) is 4.58 Å². The minimum absolute atomic E-state index is 0.192. The summed E-state index contributed by atoms with van der Waals surface area (Å²) in [6.07, 6.45) is 6.89. The van der Waals surface area contributed by atoms with Crippen molar-refractivity contribution in [2.75, 3.05) is 38.5 Å². The SMILES string of the molecule is C#CC1=[N+](C(=O)C=C)CCN(C[C@@H](Nc2ccc(C(=O)NC)nn2)c2ccc(C)c(F)c2)C1. The molecule has 0 aliphatic carbocycles. The van der Waals surface area contributed by atoms with Crippen molar-refractivity contribution in [3.05, 3.63) is 65.6 Å². The van der Waals surface area contributed by atoms with E-state index in [9.17, 15) is 14.0 Å². The molecular weight excluding hydrogens is 423 g/mol. The standard InChI is InChI=1S/C24H25FN6O2/c1-5-18-14-30(11-12-31(18)23(32)6-2)15-21(17-8-7-16(3)19(25)13-17)27-22-10-9-20(28-29-22)24(33)26-4/h1,6-10,13,21H,2,11-12,14-15H2,3-4H3,(H-,26,27,29,33)/p+1/t21-/m1/s1. The fourth-order valence-corrected chi connectivity index (χ4v) is 3.54. The Hall–Kier alpha value is -3.90. The van der Waals surface area contributed by atoms with E-state index in [0.717, 1.165) is 5.56 Å². The fraction of sp³-hybridized carbons (Fsp3) is 0.292. The molecule has 1 aliphatic heterocycles. The van der Waals surface area contributed by atoms with Crippen molar-refractivity contribution in [2.45, 2.75) is 13.0 Å². The number of aromatic nitrogens is 2. The van der Waals surface area contributed by atoms with E-state index in [1.165, 1.54) is 19.2 Å². The van der Waals surface area contributed by atoms with Crippen molar-refractivity contribution in [1.29, 1.82) is 0 Å². The summed E-state index contributed by atoms with van der Waals surface area (Å²) in [5.41, 5.74) is 2.01. The topological polar surface area (TPSA) is 90.2 Å². The summed E-state index contributed by atoms with van der Waals surface area (Å²) in [6.45, 7) is 7.11. The Morgan fingerprint density at radius 3 is 2.76 bits per heavy atom. The van der Waals surface area contributed by atoms with Crippen LogP contribution in [-0.4, -0.2) is 70.4 Å². The van der Waals surface area contributed by atoms with E-state index in [2.05, 4.69) is 38.2 Å². The predicted octanol–water partition coefficient (Wildman–Crippen LogP) is 1.55. The summed E-state index contributed by atoms with van der Waals surface area (Å²) >= 11 is 0. The van der Waals surface area contributed by atoms with Gasteiger partial charge in [-0.25, -0.2) is 9.18 Å². The Morgan fingerprint density at radius 1 is 1.36 bits per heavy atom. The number of hydrogen-bond donors (Lipinski definition) is 2. The first-order chi connectivity index (χ1) is 15.9. The lowest BCUT2D eigenvalue weighted by Gasteiger charge is -2.29. The Morgan fingerprint density at radius 2 is 2.15 bits per heavy atom. The van der Waals surface area contributed by atoms with Gasteiger partial charge in [0.2, 0.25) is 5.71 Å². The van der Waals surface area contributed by atoms with Crippen LogP contribution in [0.5, 0.6) is 0 Å². The number of carbonyl (C=O) groups is 2. The number of rotatable bonds is 7. The summed E-state index contributed by atoms with van der Waals surface area (Å²) in [4.78, 5) is 25.9. The zero-order valence-electron chi connectivity index (χ0n) is 18.6. The Kier molecular flexibility index (Phi) is 7.64. The minimum Gasteiger partial charge on any atom is -0.360 e. The third-order valence-corrected chi connectivity index (χ3v) is 5.43. The number of hydrogen-bond acceptors (Lipinski definition) is 6. The van der Waals surface area contributed by atoms with Gasteiger partial charge in [0.25, 0.3) is 5.91 Å². The van der Waals surface area contributed by atoms with Crippen LogP contribution in [0.3, 0.4) is 0 Å². The Bertz CT molecular complexity index is 1140. The third-order valence-electron chi connectivity index (χ3n) is 5.43. The van der Waals surface area contributed by atoms with Crippen molar-refractivity contribution >= 4 is 23.3 Å². The molecule has 1 aromatic heterocycles. The number of terminal acetylenes is 1. The minimum atomic E-state index is -0.346. The molecule has 2 amide bonds. The van der Waals surface area contributed by atoms with Gasteiger partial charge in [0.1, 0.15) is 11.6 Å². The quantitative estimate of drug-likeness (QED) is 0.379. The molecule has 8 nitrogen and oxygen atoms in total. The van der Waals surface area contributed by atoms with Crippen molar-refractivity contribution < 1.29 is 18.6 Å². The predicted molar refractivity (Wildman–Crippen MR) is 124 cm³/mol. The smallest absolute Gasteiger partial charge is 0.360 e. The molecule has 33 heavy (non-hydrogen) atoms. The van der Waals surface area contributed by atoms with E-state index in [1.807, 2.05) is 6.07 Å². The number of aryl methyl sites for hydroxylation is 1.